The van der Waals surface area contributed by atoms with E-state index in [9.17, 15) is 14.7 Å². The summed E-state index contributed by atoms with van der Waals surface area (Å²) in [7, 11) is 0. The van der Waals surface area contributed by atoms with E-state index < -0.39 is 17.7 Å². The number of amides is 1. The lowest BCUT2D eigenvalue weighted by atomic mass is 9.95. The van der Waals surface area contributed by atoms with Gasteiger partial charge in [-0.2, -0.15) is 0 Å². The van der Waals surface area contributed by atoms with E-state index in [4.69, 9.17) is 21.1 Å². The van der Waals surface area contributed by atoms with Crippen LogP contribution in [0.4, 0.5) is 0 Å². The molecule has 6 nitrogen and oxygen atoms in total. The van der Waals surface area contributed by atoms with Crippen molar-refractivity contribution in [3.8, 4) is 11.5 Å². The lowest BCUT2D eigenvalue weighted by molar-refractivity contribution is -0.139. The number of aliphatic hydroxyl groups excluding tert-OH is 1. The summed E-state index contributed by atoms with van der Waals surface area (Å²) in [6.07, 6.45) is 3.17. The molecule has 32 heavy (non-hydrogen) atoms. The molecule has 2 aromatic rings. The maximum Gasteiger partial charge on any atom is 0.295 e. The topological polar surface area (TPSA) is 76.1 Å². The standard InChI is InChI=1S/C25H24ClNO5/c1-4-13-27-22(16-7-10-18(11-8-16)32-14-5-2)21(24(29)25(27)30)23(28)17-9-12-20(31-6-3)19(26)15-17/h4-5,7-12,15,22,28H,1-2,6,13-14H2,3H3/b23-21-. The van der Waals surface area contributed by atoms with Crippen LogP contribution in [0.2, 0.25) is 5.02 Å². The van der Waals surface area contributed by atoms with Gasteiger partial charge in [-0.3, -0.25) is 9.59 Å². The van der Waals surface area contributed by atoms with E-state index in [0.717, 1.165) is 0 Å². The van der Waals surface area contributed by atoms with E-state index in [1.54, 1.807) is 42.5 Å². The van der Waals surface area contributed by atoms with Gasteiger partial charge in [-0.25, -0.2) is 0 Å². The number of rotatable bonds is 9. The fraction of sp³-hybridized carbons (Fsp3) is 0.200. The number of carbonyl (C=O) groups excluding carboxylic acids is 2. The Balaban J connectivity index is 2.09. The third-order valence-electron chi connectivity index (χ3n) is 4.93. The number of likely N-dealkylation sites (tertiary alicyclic amines) is 1. The maximum absolute atomic E-state index is 12.9. The molecule has 0 radical (unpaired) electrons. The molecule has 1 saturated heterocycles. The second-order valence-corrected chi connectivity index (χ2v) is 7.39. The van der Waals surface area contributed by atoms with Gasteiger partial charge < -0.3 is 19.5 Å². The van der Waals surface area contributed by atoms with Crippen LogP contribution >= 0.6 is 11.6 Å². The maximum atomic E-state index is 12.9. The molecule has 166 valence electrons. The van der Waals surface area contributed by atoms with Crippen LogP contribution in [0, 0.1) is 0 Å². The minimum atomic E-state index is -0.785. The highest BCUT2D eigenvalue weighted by Gasteiger charge is 2.45. The van der Waals surface area contributed by atoms with Crippen molar-refractivity contribution in [3.63, 3.8) is 0 Å². The average Bonchev–Trinajstić information content (AvgIpc) is 3.04. The first-order chi connectivity index (χ1) is 15.4. The molecule has 1 amide bonds. The summed E-state index contributed by atoms with van der Waals surface area (Å²) in [6.45, 7) is 10.1. The Hall–Kier alpha value is -3.51. The van der Waals surface area contributed by atoms with Crippen LogP contribution in [0.25, 0.3) is 5.76 Å². The van der Waals surface area contributed by atoms with E-state index in [1.165, 1.54) is 17.0 Å². The van der Waals surface area contributed by atoms with Crippen LogP contribution in [-0.4, -0.2) is 41.5 Å². The fourth-order valence-corrected chi connectivity index (χ4v) is 3.77. The van der Waals surface area contributed by atoms with Crippen molar-refractivity contribution in [2.75, 3.05) is 19.8 Å². The molecule has 1 aliphatic heterocycles. The third-order valence-corrected chi connectivity index (χ3v) is 5.23. The van der Waals surface area contributed by atoms with Gasteiger partial charge in [0.1, 0.15) is 23.9 Å². The number of carbonyl (C=O) groups is 2. The highest BCUT2D eigenvalue weighted by Crippen LogP contribution is 2.40. The van der Waals surface area contributed by atoms with Gasteiger partial charge in [0.05, 0.1) is 23.2 Å². The number of nitrogens with zero attached hydrogens (tertiary/aromatic N) is 1. The van der Waals surface area contributed by atoms with Gasteiger partial charge in [-0.05, 0) is 42.8 Å². The Morgan fingerprint density at radius 3 is 2.44 bits per heavy atom. The summed E-state index contributed by atoms with van der Waals surface area (Å²) in [6, 6.07) is 10.9. The molecular weight excluding hydrogens is 430 g/mol. The van der Waals surface area contributed by atoms with Gasteiger partial charge in [0.25, 0.3) is 11.7 Å². The zero-order valence-corrected chi connectivity index (χ0v) is 18.5. The number of Topliss-reactive ketones (excluding diaryl/α,β-unsaturated/α-hetero) is 1. The molecule has 1 unspecified atom stereocenters. The van der Waals surface area contributed by atoms with Crippen LogP contribution in [-0.2, 0) is 9.59 Å². The second-order valence-electron chi connectivity index (χ2n) is 6.99. The Morgan fingerprint density at radius 2 is 1.84 bits per heavy atom. The fourth-order valence-electron chi connectivity index (χ4n) is 3.53. The summed E-state index contributed by atoms with van der Waals surface area (Å²) in [5.74, 6) is -0.708. The van der Waals surface area contributed by atoms with E-state index in [-0.39, 0.29) is 22.9 Å². The van der Waals surface area contributed by atoms with Crippen molar-refractivity contribution in [2.24, 2.45) is 0 Å². The van der Waals surface area contributed by atoms with Crippen LogP contribution in [0.1, 0.15) is 24.1 Å². The number of halogens is 1. The average molecular weight is 454 g/mol. The molecule has 0 spiro atoms. The van der Waals surface area contributed by atoms with Crippen LogP contribution in [0.5, 0.6) is 11.5 Å². The second kappa shape index (κ2) is 10.2. The molecule has 2 aromatic carbocycles. The Labute approximate surface area is 192 Å². The number of ether oxygens (including phenoxy) is 2. The first-order valence-corrected chi connectivity index (χ1v) is 10.5. The predicted octanol–water partition coefficient (Wildman–Crippen LogP) is 4.91. The molecule has 1 heterocycles. The van der Waals surface area contributed by atoms with E-state index in [1.807, 2.05) is 6.92 Å². The molecule has 1 aliphatic rings. The van der Waals surface area contributed by atoms with Crippen LogP contribution < -0.4 is 9.47 Å². The summed E-state index contributed by atoms with van der Waals surface area (Å²) >= 11 is 6.26. The molecule has 0 bridgehead atoms. The van der Waals surface area contributed by atoms with Crippen molar-refractivity contribution in [3.05, 3.63) is 89.5 Å². The molecule has 0 aliphatic carbocycles. The van der Waals surface area contributed by atoms with Gasteiger partial charge in [0.15, 0.2) is 0 Å². The van der Waals surface area contributed by atoms with Crippen molar-refractivity contribution < 1.29 is 24.2 Å². The smallest absolute Gasteiger partial charge is 0.295 e. The molecule has 0 aromatic heterocycles. The van der Waals surface area contributed by atoms with Gasteiger partial charge in [-0.15, -0.1) is 6.58 Å². The van der Waals surface area contributed by atoms with Crippen molar-refractivity contribution >= 4 is 29.1 Å². The zero-order chi connectivity index (χ0) is 23.3. The van der Waals surface area contributed by atoms with Crippen LogP contribution in [0.15, 0.2) is 73.3 Å². The minimum absolute atomic E-state index is 0.0168. The molecule has 7 heteroatoms. The number of aliphatic hydroxyl groups is 1. The molecule has 1 atom stereocenters. The lowest BCUT2D eigenvalue weighted by Gasteiger charge is -2.24. The number of benzene rings is 2. The van der Waals surface area contributed by atoms with Gasteiger partial charge in [0.2, 0.25) is 0 Å². The summed E-state index contributed by atoms with van der Waals surface area (Å²) in [5, 5.41) is 11.3. The Kier molecular flexibility index (Phi) is 7.38. The monoisotopic (exact) mass is 453 g/mol. The molecule has 1 fully saturated rings. The predicted molar refractivity (Wildman–Crippen MR) is 124 cm³/mol. The van der Waals surface area contributed by atoms with Gasteiger partial charge in [-0.1, -0.05) is 42.5 Å². The summed E-state index contributed by atoms with van der Waals surface area (Å²) < 4.78 is 10.9. The van der Waals surface area contributed by atoms with Crippen LogP contribution in [0.3, 0.4) is 0 Å². The zero-order valence-electron chi connectivity index (χ0n) is 17.7. The van der Waals surface area contributed by atoms with Crippen molar-refractivity contribution in [1.29, 1.82) is 0 Å². The van der Waals surface area contributed by atoms with Crippen molar-refractivity contribution in [1.82, 2.24) is 4.90 Å². The van der Waals surface area contributed by atoms with E-state index in [2.05, 4.69) is 13.2 Å². The Morgan fingerprint density at radius 1 is 1.12 bits per heavy atom. The highest BCUT2D eigenvalue weighted by atomic mass is 35.5. The SMILES string of the molecule is C=CCOc1ccc(C2/C(=C(/O)c3ccc(OCC)c(Cl)c3)C(=O)C(=O)N2CC=C)cc1. The minimum Gasteiger partial charge on any atom is -0.507 e. The van der Waals surface area contributed by atoms with Gasteiger partial charge in [0, 0.05) is 12.1 Å². The van der Waals surface area contributed by atoms with Gasteiger partial charge >= 0.3 is 0 Å². The van der Waals surface area contributed by atoms with Crippen molar-refractivity contribution in [2.45, 2.75) is 13.0 Å². The van der Waals surface area contributed by atoms with E-state index >= 15 is 0 Å². The summed E-state index contributed by atoms with van der Waals surface area (Å²) in [5.41, 5.74) is 0.943. The number of ketones is 1. The Bertz CT molecular complexity index is 1070. The quantitative estimate of drug-likeness (QED) is 0.252. The first-order valence-electron chi connectivity index (χ1n) is 10.1. The lowest BCUT2D eigenvalue weighted by Crippen LogP contribution is -2.29. The highest BCUT2D eigenvalue weighted by molar-refractivity contribution is 6.46. The third kappa shape index (κ3) is 4.55. The van der Waals surface area contributed by atoms with E-state index in [0.29, 0.717) is 35.8 Å². The first kappa shape index (κ1) is 23.2. The largest absolute Gasteiger partial charge is 0.507 e. The molecule has 0 saturated carbocycles. The summed E-state index contributed by atoms with van der Waals surface area (Å²) in [4.78, 5) is 27.0. The molecule has 3 rings (SSSR count). The number of hydrogen-bond acceptors (Lipinski definition) is 5. The molecular formula is C25H24ClNO5. The molecule has 1 N–H and O–H groups in total. The normalized spacial score (nSPS) is 17.3. The number of hydrogen-bond donors (Lipinski definition) is 1.